The van der Waals surface area contributed by atoms with Crippen molar-refractivity contribution in [1.82, 2.24) is 0 Å². The van der Waals surface area contributed by atoms with E-state index in [-0.39, 0.29) is 11.1 Å². The van der Waals surface area contributed by atoms with Crippen molar-refractivity contribution in [1.29, 1.82) is 0 Å². The molecular formula is C14H14Cl4O2. The summed E-state index contributed by atoms with van der Waals surface area (Å²) in [5.41, 5.74) is 1.15. The molecule has 0 aromatic heterocycles. The van der Waals surface area contributed by atoms with E-state index >= 15 is 0 Å². The predicted molar refractivity (Wildman–Crippen MR) is 86.7 cm³/mol. The minimum absolute atomic E-state index is 0.142. The standard InChI is InChI=1S/C14H14Cl4O2/c1-9(2)3-5-20-14-11(15)7-10(8-12(14)16)19-6-4-13(17)18/h3-4,7-8H,5-6H2,1-2H3. The predicted octanol–water partition coefficient (Wildman–Crippen LogP) is 6.04. The number of halogens is 4. The van der Waals surface area contributed by atoms with Gasteiger partial charge in [-0.15, -0.1) is 0 Å². The molecule has 0 heterocycles. The van der Waals surface area contributed by atoms with Gasteiger partial charge in [0.2, 0.25) is 0 Å². The zero-order valence-corrected chi connectivity index (χ0v) is 14.1. The zero-order valence-electron chi connectivity index (χ0n) is 11.1. The summed E-state index contributed by atoms with van der Waals surface area (Å²) in [5.74, 6) is 0.949. The Bertz CT molecular complexity index is 493. The number of benzene rings is 1. The van der Waals surface area contributed by atoms with Gasteiger partial charge in [0.15, 0.2) is 5.75 Å². The molecule has 1 aromatic carbocycles. The van der Waals surface area contributed by atoms with Gasteiger partial charge in [-0.2, -0.15) is 0 Å². The smallest absolute Gasteiger partial charge is 0.157 e. The molecule has 2 nitrogen and oxygen atoms in total. The third-order valence-electron chi connectivity index (χ3n) is 2.18. The Kier molecular flexibility index (Phi) is 7.60. The maximum absolute atomic E-state index is 6.11. The Morgan fingerprint density at radius 3 is 2.05 bits per heavy atom. The Balaban J connectivity index is 2.75. The second-order valence-corrected chi connectivity index (χ2v) is 5.94. The van der Waals surface area contributed by atoms with E-state index in [1.54, 1.807) is 12.1 Å². The van der Waals surface area contributed by atoms with E-state index in [0.717, 1.165) is 5.57 Å². The summed E-state index contributed by atoms with van der Waals surface area (Å²) in [7, 11) is 0. The Morgan fingerprint density at radius 2 is 1.55 bits per heavy atom. The lowest BCUT2D eigenvalue weighted by atomic mass is 10.3. The van der Waals surface area contributed by atoms with Crippen LogP contribution in [0.3, 0.4) is 0 Å². The Morgan fingerprint density at radius 1 is 1.00 bits per heavy atom. The topological polar surface area (TPSA) is 18.5 Å². The molecule has 0 bridgehead atoms. The quantitative estimate of drug-likeness (QED) is 0.579. The average Bonchev–Trinajstić information content (AvgIpc) is 2.32. The lowest BCUT2D eigenvalue weighted by Crippen LogP contribution is -1.98. The van der Waals surface area contributed by atoms with Gasteiger partial charge in [0.05, 0.1) is 10.0 Å². The van der Waals surface area contributed by atoms with Gasteiger partial charge in [0.1, 0.15) is 23.5 Å². The molecule has 0 aliphatic carbocycles. The van der Waals surface area contributed by atoms with Crippen molar-refractivity contribution in [3.63, 3.8) is 0 Å². The molecule has 0 aliphatic rings. The molecule has 0 atom stereocenters. The first-order valence-electron chi connectivity index (χ1n) is 5.79. The largest absolute Gasteiger partial charge is 0.489 e. The molecule has 0 N–H and O–H groups in total. The first-order valence-corrected chi connectivity index (χ1v) is 7.30. The average molecular weight is 356 g/mol. The van der Waals surface area contributed by atoms with E-state index in [9.17, 15) is 0 Å². The number of ether oxygens (including phenoxy) is 2. The van der Waals surface area contributed by atoms with Gasteiger partial charge >= 0.3 is 0 Å². The fourth-order valence-electron chi connectivity index (χ4n) is 1.25. The van der Waals surface area contributed by atoms with Crippen LogP contribution in [0, 0.1) is 0 Å². The van der Waals surface area contributed by atoms with Crippen molar-refractivity contribution in [2.45, 2.75) is 13.8 Å². The van der Waals surface area contributed by atoms with E-state index in [0.29, 0.717) is 28.2 Å². The zero-order chi connectivity index (χ0) is 15.1. The van der Waals surface area contributed by atoms with Crippen LogP contribution in [0.4, 0.5) is 0 Å². The highest BCUT2D eigenvalue weighted by Crippen LogP contribution is 2.37. The first-order chi connectivity index (χ1) is 9.40. The Labute approximate surface area is 138 Å². The minimum Gasteiger partial charge on any atom is -0.489 e. The minimum atomic E-state index is 0.142. The summed E-state index contributed by atoms with van der Waals surface area (Å²) in [6.07, 6.45) is 3.45. The van der Waals surface area contributed by atoms with Crippen LogP contribution in [0.15, 0.2) is 34.3 Å². The second-order valence-electron chi connectivity index (χ2n) is 4.11. The third-order valence-corrected chi connectivity index (χ3v) is 3.05. The second kappa shape index (κ2) is 8.68. The van der Waals surface area contributed by atoms with Gasteiger partial charge in [-0.1, -0.05) is 52.0 Å². The molecule has 0 spiro atoms. The van der Waals surface area contributed by atoms with Crippen LogP contribution in [-0.4, -0.2) is 13.2 Å². The molecule has 0 amide bonds. The molecule has 0 saturated carbocycles. The maximum Gasteiger partial charge on any atom is 0.157 e. The number of allylic oxidation sites excluding steroid dienone is 1. The summed E-state index contributed by atoms with van der Waals surface area (Å²) < 4.78 is 11.1. The van der Waals surface area contributed by atoms with Crippen LogP contribution in [0.1, 0.15) is 13.8 Å². The molecule has 0 saturated heterocycles. The third kappa shape index (κ3) is 6.27. The fourth-order valence-corrected chi connectivity index (χ4v) is 1.95. The van der Waals surface area contributed by atoms with E-state index in [1.807, 2.05) is 19.9 Å². The highest BCUT2D eigenvalue weighted by Gasteiger charge is 2.10. The van der Waals surface area contributed by atoms with E-state index < -0.39 is 0 Å². The van der Waals surface area contributed by atoms with Crippen LogP contribution < -0.4 is 9.47 Å². The van der Waals surface area contributed by atoms with Crippen molar-refractivity contribution in [2.24, 2.45) is 0 Å². The number of hydrogen-bond donors (Lipinski definition) is 0. The van der Waals surface area contributed by atoms with Gasteiger partial charge in [0.25, 0.3) is 0 Å². The molecule has 0 fully saturated rings. The van der Waals surface area contributed by atoms with Crippen LogP contribution in [0.2, 0.25) is 10.0 Å². The lowest BCUT2D eigenvalue weighted by molar-refractivity contribution is 0.352. The summed E-state index contributed by atoms with van der Waals surface area (Å²) in [6.45, 7) is 4.61. The lowest BCUT2D eigenvalue weighted by Gasteiger charge is -2.11. The fraction of sp³-hybridized carbons (Fsp3) is 0.286. The van der Waals surface area contributed by atoms with E-state index in [4.69, 9.17) is 55.9 Å². The van der Waals surface area contributed by atoms with Crippen molar-refractivity contribution < 1.29 is 9.47 Å². The van der Waals surface area contributed by atoms with Crippen LogP contribution in [0.5, 0.6) is 11.5 Å². The highest BCUT2D eigenvalue weighted by molar-refractivity contribution is 6.55. The molecular weight excluding hydrogens is 342 g/mol. The molecule has 6 heteroatoms. The van der Waals surface area contributed by atoms with E-state index in [2.05, 4.69) is 0 Å². The summed E-state index contributed by atoms with van der Waals surface area (Å²) >= 11 is 23.2. The highest BCUT2D eigenvalue weighted by atomic mass is 35.5. The molecule has 0 unspecified atom stereocenters. The van der Waals surface area contributed by atoms with Crippen molar-refractivity contribution in [3.05, 3.63) is 44.4 Å². The number of hydrogen-bond acceptors (Lipinski definition) is 2. The van der Waals surface area contributed by atoms with Crippen LogP contribution in [0.25, 0.3) is 0 Å². The van der Waals surface area contributed by atoms with E-state index in [1.165, 1.54) is 6.08 Å². The summed E-state index contributed by atoms with van der Waals surface area (Å²) in [4.78, 5) is 0. The summed E-state index contributed by atoms with van der Waals surface area (Å²) in [6, 6.07) is 3.25. The van der Waals surface area contributed by atoms with Crippen LogP contribution in [-0.2, 0) is 0 Å². The molecule has 20 heavy (non-hydrogen) atoms. The Hall–Kier alpha value is -0.540. The van der Waals surface area contributed by atoms with Gasteiger partial charge in [-0.25, -0.2) is 0 Å². The monoisotopic (exact) mass is 354 g/mol. The normalized spacial score (nSPS) is 9.90. The van der Waals surface area contributed by atoms with Crippen molar-refractivity contribution in [3.8, 4) is 11.5 Å². The molecule has 0 aliphatic heterocycles. The van der Waals surface area contributed by atoms with Gasteiger partial charge in [-0.3, -0.25) is 0 Å². The molecule has 1 aromatic rings. The van der Waals surface area contributed by atoms with Gasteiger partial charge < -0.3 is 9.47 Å². The van der Waals surface area contributed by atoms with Gasteiger partial charge in [-0.05, 0) is 26.0 Å². The molecule has 1 rings (SSSR count). The van der Waals surface area contributed by atoms with Crippen molar-refractivity contribution in [2.75, 3.05) is 13.2 Å². The number of rotatable bonds is 6. The molecule has 110 valence electrons. The molecule has 0 radical (unpaired) electrons. The van der Waals surface area contributed by atoms with Gasteiger partial charge in [0, 0.05) is 12.1 Å². The SMILES string of the molecule is CC(C)=CCOc1c(Cl)cc(OCC=C(Cl)Cl)cc1Cl. The van der Waals surface area contributed by atoms with Crippen molar-refractivity contribution >= 4 is 46.4 Å². The summed E-state index contributed by atoms with van der Waals surface area (Å²) in [5, 5.41) is 0.770. The first kappa shape index (κ1) is 17.5. The van der Waals surface area contributed by atoms with Crippen LogP contribution >= 0.6 is 46.4 Å². The maximum atomic E-state index is 6.11.